The van der Waals surface area contributed by atoms with Crippen LogP contribution >= 0.6 is 0 Å². The Hall–Kier alpha value is -1.59. The third kappa shape index (κ3) is 3.24. The van der Waals surface area contributed by atoms with E-state index in [4.69, 9.17) is 21.0 Å². The number of rotatable bonds is 5. The lowest BCUT2D eigenvalue weighted by atomic mass is 10.1. The molecule has 0 spiro atoms. The third-order valence-corrected chi connectivity index (χ3v) is 3.59. The van der Waals surface area contributed by atoms with E-state index in [1.807, 2.05) is 18.2 Å². The van der Waals surface area contributed by atoms with Crippen LogP contribution in [0.4, 0.5) is 0 Å². The minimum Gasteiger partial charge on any atom is -0.496 e. The van der Waals surface area contributed by atoms with Crippen LogP contribution in [0.25, 0.3) is 0 Å². The molecule has 4 N–H and O–H groups in total. The highest BCUT2D eigenvalue weighted by Gasteiger charge is 2.21. The monoisotopic (exact) mass is 263 g/mol. The van der Waals surface area contributed by atoms with Gasteiger partial charge in [-0.1, -0.05) is 6.07 Å². The van der Waals surface area contributed by atoms with Crippen LogP contribution in [0, 0.1) is 11.3 Å². The SMILES string of the molecule is COc1ccc(CN2CCC(CO)C2)cc1C(=N)N. The lowest BCUT2D eigenvalue weighted by molar-refractivity contribution is 0.220. The fraction of sp³-hybridized carbons (Fsp3) is 0.500. The summed E-state index contributed by atoms with van der Waals surface area (Å²) in [4.78, 5) is 2.31. The highest BCUT2D eigenvalue weighted by atomic mass is 16.5. The van der Waals surface area contributed by atoms with Gasteiger partial charge in [0.05, 0.1) is 12.7 Å². The number of aliphatic hydroxyl groups is 1. The summed E-state index contributed by atoms with van der Waals surface area (Å²) >= 11 is 0. The van der Waals surface area contributed by atoms with Crippen molar-refractivity contribution in [3.05, 3.63) is 29.3 Å². The molecule has 1 aromatic rings. The summed E-state index contributed by atoms with van der Waals surface area (Å²) in [5.41, 5.74) is 7.32. The molecule has 5 heteroatoms. The summed E-state index contributed by atoms with van der Waals surface area (Å²) in [7, 11) is 1.58. The van der Waals surface area contributed by atoms with E-state index in [-0.39, 0.29) is 12.4 Å². The maximum absolute atomic E-state index is 9.15. The smallest absolute Gasteiger partial charge is 0.129 e. The van der Waals surface area contributed by atoms with E-state index in [0.29, 0.717) is 17.2 Å². The van der Waals surface area contributed by atoms with Crippen LogP contribution in [0.15, 0.2) is 18.2 Å². The molecular formula is C14H21N3O2. The van der Waals surface area contributed by atoms with Crippen molar-refractivity contribution in [2.75, 3.05) is 26.8 Å². The maximum atomic E-state index is 9.15. The second-order valence-electron chi connectivity index (χ2n) is 5.02. The Morgan fingerprint density at radius 1 is 1.58 bits per heavy atom. The zero-order chi connectivity index (χ0) is 13.8. The summed E-state index contributed by atoms with van der Waals surface area (Å²) in [6.45, 7) is 3.02. The second-order valence-corrected chi connectivity index (χ2v) is 5.02. The van der Waals surface area contributed by atoms with Gasteiger partial charge in [-0.05, 0) is 36.6 Å². The van der Waals surface area contributed by atoms with Crippen molar-refractivity contribution in [1.82, 2.24) is 4.90 Å². The number of nitrogens with two attached hydrogens (primary N) is 1. The van der Waals surface area contributed by atoms with E-state index >= 15 is 0 Å². The van der Waals surface area contributed by atoms with Crippen molar-refractivity contribution in [3.8, 4) is 5.75 Å². The van der Waals surface area contributed by atoms with Crippen LogP contribution in [0.1, 0.15) is 17.5 Å². The molecule has 104 valence electrons. The molecule has 2 rings (SSSR count). The first-order valence-corrected chi connectivity index (χ1v) is 6.48. The van der Waals surface area contributed by atoms with Gasteiger partial charge in [0.2, 0.25) is 0 Å². The highest BCUT2D eigenvalue weighted by Crippen LogP contribution is 2.22. The van der Waals surface area contributed by atoms with Gasteiger partial charge in [-0.2, -0.15) is 0 Å². The molecule has 0 aromatic heterocycles. The average molecular weight is 263 g/mol. The molecule has 0 radical (unpaired) electrons. The number of amidine groups is 1. The minimum absolute atomic E-state index is 0.0216. The van der Waals surface area contributed by atoms with Crippen molar-refractivity contribution >= 4 is 5.84 Å². The first-order chi connectivity index (χ1) is 9.13. The fourth-order valence-corrected chi connectivity index (χ4v) is 2.53. The Morgan fingerprint density at radius 3 is 2.95 bits per heavy atom. The molecule has 1 aliphatic heterocycles. The molecule has 0 amide bonds. The van der Waals surface area contributed by atoms with Crippen molar-refractivity contribution in [3.63, 3.8) is 0 Å². The molecule has 0 saturated carbocycles. The highest BCUT2D eigenvalue weighted by molar-refractivity contribution is 5.97. The first kappa shape index (κ1) is 13.8. The molecule has 1 heterocycles. The molecule has 1 fully saturated rings. The Labute approximate surface area is 113 Å². The van der Waals surface area contributed by atoms with Crippen LogP contribution in [-0.4, -0.2) is 42.6 Å². The van der Waals surface area contributed by atoms with Crippen molar-refractivity contribution in [2.45, 2.75) is 13.0 Å². The Kier molecular flexibility index (Phi) is 4.39. The van der Waals surface area contributed by atoms with Gasteiger partial charge in [0.1, 0.15) is 11.6 Å². The summed E-state index contributed by atoms with van der Waals surface area (Å²) in [5, 5.41) is 16.7. The number of ether oxygens (including phenoxy) is 1. The molecule has 1 aromatic carbocycles. The lowest BCUT2D eigenvalue weighted by Crippen LogP contribution is -2.21. The number of benzene rings is 1. The number of nitrogen functional groups attached to an aromatic ring is 1. The summed E-state index contributed by atoms with van der Waals surface area (Å²) in [5.74, 6) is 1.05. The normalized spacial score (nSPS) is 19.6. The number of nitrogens with one attached hydrogen (secondary N) is 1. The molecule has 0 bridgehead atoms. The maximum Gasteiger partial charge on any atom is 0.129 e. The number of hydrogen-bond acceptors (Lipinski definition) is 4. The Balaban J connectivity index is 2.09. The number of aliphatic hydroxyl groups excluding tert-OH is 1. The third-order valence-electron chi connectivity index (χ3n) is 3.59. The largest absolute Gasteiger partial charge is 0.496 e. The first-order valence-electron chi connectivity index (χ1n) is 6.48. The number of nitrogens with zero attached hydrogens (tertiary/aromatic N) is 1. The van der Waals surface area contributed by atoms with E-state index in [0.717, 1.165) is 31.6 Å². The average Bonchev–Trinajstić information content (AvgIpc) is 2.86. The standard InChI is InChI=1S/C14H21N3O2/c1-19-13-3-2-10(6-12(13)14(15)16)7-17-5-4-11(8-17)9-18/h2-3,6,11,18H,4-5,7-9H2,1H3,(H3,15,16). The molecule has 1 atom stereocenters. The Morgan fingerprint density at radius 2 is 2.37 bits per heavy atom. The molecule has 5 nitrogen and oxygen atoms in total. The second kappa shape index (κ2) is 6.04. The predicted molar refractivity (Wildman–Crippen MR) is 74.5 cm³/mol. The number of likely N-dealkylation sites (tertiary alicyclic amines) is 1. The van der Waals surface area contributed by atoms with Gasteiger partial charge in [0, 0.05) is 19.7 Å². The van der Waals surface area contributed by atoms with Gasteiger partial charge in [-0.3, -0.25) is 10.3 Å². The quantitative estimate of drug-likeness (QED) is 0.542. The van der Waals surface area contributed by atoms with Crippen LogP contribution in [-0.2, 0) is 6.54 Å². The molecule has 19 heavy (non-hydrogen) atoms. The van der Waals surface area contributed by atoms with Crippen LogP contribution < -0.4 is 10.5 Å². The summed E-state index contributed by atoms with van der Waals surface area (Å²) < 4.78 is 5.20. The predicted octanol–water partition coefficient (Wildman–Crippen LogP) is 0.793. The van der Waals surface area contributed by atoms with E-state index < -0.39 is 0 Å². The van der Waals surface area contributed by atoms with Crippen molar-refractivity contribution in [2.24, 2.45) is 11.7 Å². The van der Waals surface area contributed by atoms with Crippen LogP contribution in [0.5, 0.6) is 5.75 Å². The van der Waals surface area contributed by atoms with E-state index in [9.17, 15) is 0 Å². The lowest BCUT2D eigenvalue weighted by Gasteiger charge is -2.17. The summed E-state index contributed by atoms with van der Waals surface area (Å²) in [6.07, 6.45) is 1.05. The van der Waals surface area contributed by atoms with Crippen molar-refractivity contribution < 1.29 is 9.84 Å². The van der Waals surface area contributed by atoms with Crippen LogP contribution in [0.3, 0.4) is 0 Å². The molecular weight excluding hydrogens is 242 g/mol. The van der Waals surface area contributed by atoms with E-state index in [1.165, 1.54) is 0 Å². The Bertz CT molecular complexity index is 462. The van der Waals surface area contributed by atoms with Crippen LogP contribution in [0.2, 0.25) is 0 Å². The van der Waals surface area contributed by atoms with Gasteiger partial charge in [-0.25, -0.2) is 0 Å². The molecule has 0 aliphatic carbocycles. The van der Waals surface area contributed by atoms with Gasteiger partial charge in [0.15, 0.2) is 0 Å². The molecule has 1 aliphatic rings. The zero-order valence-electron chi connectivity index (χ0n) is 11.2. The summed E-state index contributed by atoms with van der Waals surface area (Å²) in [6, 6.07) is 5.76. The minimum atomic E-state index is 0.0216. The molecule has 1 unspecified atom stereocenters. The van der Waals surface area contributed by atoms with E-state index in [2.05, 4.69) is 4.90 Å². The van der Waals surface area contributed by atoms with E-state index in [1.54, 1.807) is 7.11 Å². The topological polar surface area (TPSA) is 82.6 Å². The van der Waals surface area contributed by atoms with Gasteiger partial charge in [-0.15, -0.1) is 0 Å². The fourth-order valence-electron chi connectivity index (χ4n) is 2.53. The van der Waals surface area contributed by atoms with Gasteiger partial charge in [0.25, 0.3) is 0 Å². The molecule has 1 saturated heterocycles. The zero-order valence-corrected chi connectivity index (χ0v) is 11.2. The number of methoxy groups -OCH3 is 1. The number of hydrogen-bond donors (Lipinski definition) is 3. The van der Waals surface area contributed by atoms with Crippen molar-refractivity contribution in [1.29, 1.82) is 5.41 Å². The van der Waals surface area contributed by atoms with Gasteiger partial charge >= 0.3 is 0 Å². The van der Waals surface area contributed by atoms with Gasteiger partial charge < -0.3 is 15.6 Å².